The third-order valence-electron chi connectivity index (χ3n) is 6.55. The van der Waals surface area contributed by atoms with Crippen molar-refractivity contribution in [2.24, 2.45) is 0 Å². The van der Waals surface area contributed by atoms with Gasteiger partial charge in [-0.05, 0) is 87.9 Å². The highest BCUT2D eigenvalue weighted by Gasteiger charge is 2.31. The van der Waals surface area contributed by atoms with Gasteiger partial charge in [-0.1, -0.05) is 17.3 Å². The number of alkyl halides is 3. The van der Waals surface area contributed by atoms with Crippen molar-refractivity contribution in [2.45, 2.75) is 38.7 Å². The van der Waals surface area contributed by atoms with Crippen LogP contribution in [0.15, 0.2) is 59.1 Å². The number of hydrogen-bond acceptors (Lipinski definition) is 7. The lowest BCUT2D eigenvalue weighted by atomic mass is 10.0. The van der Waals surface area contributed by atoms with Gasteiger partial charge in [0.25, 0.3) is 11.8 Å². The smallest absolute Gasteiger partial charge is 0.406 e. The number of benzene rings is 2. The minimum atomic E-state index is -4.77. The molecule has 12 heteroatoms. The summed E-state index contributed by atoms with van der Waals surface area (Å²) in [5, 5.41) is 11.6. The minimum absolute atomic E-state index is 0.0827. The summed E-state index contributed by atoms with van der Waals surface area (Å²) >= 11 is 0. The van der Waals surface area contributed by atoms with Gasteiger partial charge in [0, 0.05) is 22.9 Å². The van der Waals surface area contributed by atoms with Crippen LogP contribution >= 0.6 is 0 Å². The predicted octanol–water partition coefficient (Wildman–Crippen LogP) is 4.68. The van der Waals surface area contributed by atoms with Gasteiger partial charge in [0.15, 0.2) is 5.69 Å². The number of ether oxygens (including phenoxy) is 1. The molecule has 39 heavy (non-hydrogen) atoms. The molecule has 4 aromatic rings. The van der Waals surface area contributed by atoms with Crippen LogP contribution in [0.5, 0.6) is 5.75 Å². The number of hydrogen-bond donors (Lipinski definition) is 1. The topological polar surface area (TPSA) is 98.3 Å². The zero-order valence-corrected chi connectivity index (χ0v) is 21.4. The Hall–Kier alpha value is -4.19. The van der Waals surface area contributed by atoms with E-state index in [0.29, 0.717) is 23.4 Å². The maximum Gasteiger partial charge on any atom is 0.573 e. The number of rotatable bonds is 7. The molecule has 9 nitrogen and oxygen atoms in total. The first kappa shape index (κ1) is 26.4. The average Bonchev–Trinajstić information content (AvgIpc) is 3.52. The Kier molecular flexibility index (Phi) is 7.38. The summed E-state index contributed by atoms with van der Waals surface area (Å²) in [6.07, 6.45) is -2.89. The molecule has 1 aliphatic heterocycles. The highest BCUT2D eigenvalue weighted by molar-refractivity contribution is 5.94. The van der Waals surface area contributed by atoms with E-state index in [1.807, 2.05) is 25.1 Å². The van der Waals surface area contributed by atoms with Crippen molar-refractivity contribution >= 4 is 5.91 Å². The monoisotopic (exact) mass is 540 g/mol. The molecule has 0 aliphatic carbocycles. The van der Waals surface area contributed by atoms with Gasteiger partial charge in [0.1, 0.15) is 5.75 Å². The fourth-order valence-corrected chi connectivity index (χ4v) is 4.43. The number of piperidine rings is 1. The van der Waals surface area contributed by atoms with E-state index < -0.39 is 6.36 Å². The van der Waals surface area contributed by atoms with Crippen molar-refractivity contribution in [1.29, 1.82) is 0 Å². The molecule has 2 aromatic carbocycles. The van der Waals surface area contributed by atoms with Gasteiger partial charge in [-0.3, -0.25) is 9.48 Å². The second kappa shape index (κ2) is 10.9. The number of likely N-dealkylation sites (tertiary alicyclic amines) is 1. The first-order chi connectivity index (χ1) is 18.6. The Morgan fingerprint density at radius 3 is 2.59 bits per heavy atom. The summed E-state index contributed by atoms with van der Waals surface area (Å²) in [4.78, 5) is 19.4. The number of amides is 1. The van der Waals surface area contributed by atoms with Crippen LogP contribution in [0.1, 0.15) is 34.5 Å². The third kappa shape index (κ3) is 6.63. The minimum Gasteiger partial charge on any atom is -0.406 e. The number of nitrogens with zero attached hydrogens (tertiary/aromatic N) is 5. The number of nitrogens with one attached hydrogen (secondary N) is 1. The van der Waals surface area contributed by atoms with Crippen LogP contribution in [0.3, 0.4) is 0 Å². The molecule has 1 fully saturated rings. The SMILES string of the molecule is Cc1cc(-c2nc(-c3ccc(OC(F)(F)F)cc3)no2)nn1Cc1cccc(C(=O)NC2CCN(C)CC2)c1. The van der Waals surface area contributed by atoms with E-state index in [1.54, 1.807) is 16.8 Å². The van der Waals surface area contributed by atoms with Crippen molar-refractivity contribution in [3.05, 3.63) is 71.4 Å². The highest BCUT2D eigenvalue weighted by Crippen LogP contribution is 2.27. The lowest BCUT2D eigenvalue weighted by Gasteiger charge is -2.29. The highest BCUT2D eigenvalue weighted by atomic mass is 19.4. The molecule has 5 rings (SSSR count). The Balaban J connectivity index is 1.25. The van der Waals surface area contributed by atoms with E-state index in [4.69, 9.17) is 4.52 Å². The van der Waals surface area contributed by atoms with E-state index in [-0.39, 0.29) is 29.4 Å². The molecule has 0 saturated carbocycles. The maximum atomic E-state index is 12.8. The van der Waals surface area contributed by atoms with Crippen molar-refractivity contribution in [3.8, 4) is 28.7 Å². The molecule has 0 bridgehead atoms. The molecule has 3 heterocycles. The standard InChI is InChI=1S/C27H27F3N6O3/c1-17-14-23(26-32-24(34-39-26)19-6-8-22(9-7-19)38-27(28,29)30)33-36(17)16-18-4-3-5-20(15-18)25(37)31-21-10-12-35(2)13-11-21/h3-9,14-15,21H,10-13,16H2,1-2H3,(H,31,37). The Morgan fingerprint density at radius 2 is 1.87 bits per heavy atom. The molecule has 0 atom stereocenters. The fourth-order valence-electron chi connectivity index (χ4n) is 4.43. The van der Waals surface area contributed by atoms with Gasteiger partial charge in [-0.15, -0.1) is 13.2 Å². The summed E-state index contributed by atoms with van der Waals surface area (Å²) in [5.74, 6) is -0.0406. The lowest BCUT2D eigenvalue weighted by molar-refractivity contribution is -0.274. The van der Waals surface area contributed by atoms with E-state index >= 15 is 0 Å². The van der Waals surface area contributed by atoms with Gasteiger partial charge in [-0.25, -0.2) is 0 Å². The van der Waals surface area contributed by atoms with E-state index in [0.717, 1.165) is 37.2 Å². The first-order valence-electron chi connectivity index (χ1n) is 12.5. The number of halogens is 3. The lowest BCUT2D eigenvalue weighted by Crippen LogP contribution is -2.43. The molecule has 1 N–H and O–H groups in total. The number of aryl methyl sites for hydroxylation is 1. The summed E-state index contributed by atoms with van der Waals surface area (Å²) in [7, 11) is 2.08. The van der Waals surface area contributed by atoms with Gasteiger partial charge in [0.05, 0.1) is 6.54 Å². The summed E-state index contributed by atoms with van der Waals surface area (Å²) in [6.45, 7) is 4.26. The zero-order chi connectivity index (χ0) is 27.6. The van der Waals surface area contributed by atoms with E-state index in [9.17, 15) is 18.0 Å². The predicted molar refractivity (Wildman–Crippen MR) is 136 cm³/mol. The fraction of sp³-hybridized carbons (Fsp3) is 0.333. The second-order valence-electron chi connectivity index (χ2n) is 9.58. The summed E-state index contributed by atoms with van der Waals surface area (Å²) in [5.41, 5.74) is 3.28. The molecule has 0 spiro atoms. The molecule has 2 aromatic heterocycles. The number of carbonyl (C=O) groups is 1. The van der Waals surface area contributed by atoms with Crippen LogP contribution in [-0.4, -0.2) is 63.3 Å². The van der Waals surface area contributed by atoms with Crippen LogP contribution < -0.4 is 10.1 Å². The Morgan fingerprint density at radius 1 is 1.13 bits per heavy atom. The molecule has 0 radical (unpaired) electrons. The molecule has 1 aliphatic rings. The molecule has 0 unspecified atom stereocenters. The van der Waals surface area contributed by atoms with Crippen LogP contribution in [0.25, 0.3) is 23.0 Å². The van der Waals surface area contributed by atoms with Gasteiger partial charge < -0.3 is 19.5 Å². The van der Waals surface area contributed by atoms with E-state index in [2.05, 4.69) is 37.2 Å². The summed E-state index contributed by atoms with van der Waals surface area (Å²) < 4.78 is 48.2. The normalized spacial score (nSPS) is 14.9. The number of aromatic nitrogens is 4. The van der Waals surface area contributed by atoms with Crippen molar-refractivity contribution in [2.75, 3.05) is 20.1 Å². The average molecular weight is 541 g/mol. The van der Waals surface area contributed by atoms with Crippen molar-refractivity contribution in [1.82, 2.24) is 30.1 Å². The van der Waals surface area contributed by atoms with Gasteiger partial charge in [0.2, 0.25) is 5.82 Å². The third-order valence-corrected chi connectivity index (χ3v) is 6.55. The number of carbonyl (C=O) groups excluding carboxylic acids is 1. The molecular weight excluding hydrogens is 513 g/mol. The Labute approximate surface area is 222 Å². The quantitative estimate of drug-likeness (QED) is 0.364. The first-order valence-corrected chi connectivity index (χ1v) is 12.5. The van der Waals surface area contributed by atoms with Crippen LogP contribution in [0.4, 0.5) is 13.2 Å². The van der Waals surface area contributed by atoms with Crippen molar-refractivity contribution < 1.29 is 27.2 Å². The maximum absolute atomic E-state index is 12.8. The van der Waals surface area contributed by atoms with E-state index in [1.165, 1.54) is 24.3 Å². The second-order valence-corrected chi connectivity index (χ2v) is 9.58. The van der Waals surface area contributed by atoms with Crippen molar-refractivity contribution in [3.63, 3.8) is 0 Å². The van der Waals surface area contributed by atoms with Gasteiger partial charge in [-0.2, -0.15) is 10.1 Å². The molecular formula is C27H27F3N6O3. The van der Waals surface area contributed by atoms with Crippen LogP contribution in [0.2, 0.25) is 0 Å². The van der Waals surface area contributed by atoms with Crippen LogP contribution in [-0.2, 0) is 6.54 Å². The molecule has 1 saturated heterocycles. The Bertz CT molecular complexity index is 1440. The van der Waals surface area contributed by atoms with Crippen LogP contribution in [0, 0.1) is 6.92 Å². The molecule has 204 valence electrons. The molecule has 1 amide bonds. The largest absolute Gasteiger partial charge is 0.573 e. The van der Waals surface area contributed by atoms with Gasteiger partial charge >= 0.3 is 6.36 Å². The zero-order valence-electron chi connectivity index (χ0n) is 21.4. The summed E-state index contributed by atoms with van der Waals surface area (Å²) in [6, 6.07) is 14.6.